The fourth-order valence-corrected chi connectivity index (χ4v) is 2.83. The van der Waals surface area contributed by atoms with Gasteiger partial charge in [0, 0.05) is 18.7 Å². The molecular formula is C18H18F2N2O2. The molecule has 0 radical (unpaired) electrons. The number of aliphatic hydroxyl groups is 1. The first kappa shape index (κ1) is 16.4. The third-order valence-corrected chi connectivity index (χ3v) is 4.06. The maximum atomic E-state index is 13.6. The van der Waals surface area contributed by atoms with E-state index in [1.54, 1.807) is 0 Å². The van der Waals surface area contributed by atoms with E-state index in [-0.39, 0.29) is 18.4 Å². The first-order valence-electron chi connectivity index (χ1n) is 7.82. The van der Waals surface area contributed by atoms with Crippen LogP contribution in [0, 0.1) is 11.6 Å². The van der Waals surface area contributed by atoms with Gasteiger partial charge in [0.05, 0.1) is 11.8 Å². The molecule has 1 unspecified atom stereocenters. The molecule has 1 heterocycles. The zero-order valence-electron chi connectivity index (χ0n) is 13.0. The number of amides is 2. The van der Waals surface area contributed by atoms with Crippen molar-refractivity contribution in [1.82, 2.24) is 4.90 Å². The minimum absolute atomic E-state index is 0.277. The minimum Gasteiger partial charge on any atom is -0.391 e. The van der Waals surface area contributed by atoms with Crippen LogP contribution in [0.25, 0.3) is 11.1 Å². The van der Waals surface area contributed by atoms with Gasteiger partial charge in [-0.05, 0) is 48.7 Å². The van der Waals surface area contributed by atoms with E-state index in [0.29, 0.717) is 29.8 Å². The standard InChI is InChI=1S/C18H18F2N2O2/c19-13-5-3-12(4-6-13)16-10-14(20)7-8-17(16)21-18(24)22-9-1-2-15(23)11-22/h3-8,10,15,23H,1-2,9,11H2,(H,21,24). The second-order valence-electron chi connectivity index (χ2n) is 5.87. The van der Waals surface area contributed by atoms with Crippen molar-refractivity contribution in [2.75, 3.05) is 18.4 Å². The average Bonchev–Trinajstić information content (AvgIpc) is 2.57. The Balaban J connectivity index is 1.85. The quantitative estimate of drug-likeness (QED) is 0.882. The molecule has 0 spiro atoms. The first-order chi connectivity index (χ1) is 11.5. The van der Waals surface area contributed by atoms with Gasteiger partial charge in [0.25, 0.3) is 0 Å². The third kappa shape index (κ3) is 3.71. The number of urea groups is 1. The average molecular weight is 332 g/mol. The van der Waals surface area contributed by atoms with Gasteiger partial charge in [0.15, 0.2) is 0 Å². The number of hydrogen-bond acceptors (Lipinski definition) is 2. The van der Waals surface area contributed by atoms with Gasteiger partial charge in [-0.1, -0.05) is 12.1 Å². The fourth-order valence-electron chi connectivity index (χ4n) is 2.83. The zero-order chi connectivity index (χ0) is 17.1. The topological polar surface area (TPSA) is 52.6 Å². The van der Waals surface area contributed by atoms with E-state index >= 15 is 0 Å². The summed E-state index contributed by atoms with van der Waals surface area (Å²) in [6.07, 6.45) is 0.901. The molecule has 0 saturated carbocycles. The Kier molecular flexibility index (Phi) is 4.76. The van der Waals surface area contributed by atoms with Crippen LogP contribution in [0.1, 0.15) is 12.8 Å². The van der Waals surface area contributed by atoms with Gasteiger partial charge in [-0.2, -0.15) is 0 Å². The Morgan fingerprint density at radius 1 is 1.12 bits per heavy atom. The molecule has 1 fully saturated rings. The molecule has 24 heavy (non-hydrogen) atoms. The van der Waals surface area contributed by atoms with E-state index in [1.165, 1.54) is 47.4 Å². The second kappa shape index (κ2) is 6.97. The highest BCUT2D eigenvalue weighted by molar-refractivity contribution is 5.94. The van der Waals surface area contributed by atoms with E-state index in [9.17, 15) is 18.7 Å². The van der Waals surface area contributed by atoms with Crippen LogP contribution in [0.15, 0.2) is 42.5 Å². The lowest BCUT2D eigenvalue weighted by Gasteiger charge is -2.30. The summed E-state index contributed by atoms with van der Waals surface area (Å²) in [4.78, 5) is 13.9. The molecule has 1 aliphatic rings. The van der Waals surface area contributed by atoms with Crippen molar-refractivity contribution in [2.45, 2.75) is 18.9 Å². The molecule has 0 aromatic heterocycles. The number of hydrogen-bond donors (Lipinski definition) is 2. The van der Waals surface area contributed by atoms with E-state index < -0.39 is 11.9 Å². The van der Waals surface area contributed by atoms with Crippen LogP contribution in [0.5, 0.6) is 0 Å². The molecule has 2 N–H and O–H groups in total. The van der Waals surface area contributed by atoms with Crippen molar-refractivity contribution in [1.29, 1.82) is 0 Å². The normalized spacial score (nSPS) is 17.6. The summed E-state index contributed by atoms with van der Waals surface area (Å²) >= 11 is 0. The number of aliphatic hydroxyl groups excluding tert-OH is 1. The summed E-state index contributed by atoms with van der Waals surface area (Å²) in [7, 11) is 0. The van der Waals surface area contributed by atoms with E-state index in [1.807, 2.05) is 0 Å². The zero-order valence-corrected chi connectivity index (χ0v) is 13.0. The van der Waals surface area contributed by atoms with E-state index in [2.05, 4.69) is 5.32 Å². The smallest absolute Gasteiger partial charge is 0.321 e. The predicted octanol–water partition coefficient (Wildman–Crippen LogP) is 3.62. The summed E-state index contributed by atoms with van der Waals surface area (Å²) in [5.41, 5.74) is 1.51. The predicted molar refractivity (Wildman–Crippen MR) is 87.6 cm³/mol. The van der Waals surface area contributed by atoms with Crippen molar-refractivity contribution in [3.8, 4) is 11.1 Å². The summed E-state index contributed by atoms with van der Waals surface area (Å²) in [5.74, 6) is -0.830. The molecule has 3 rings (SSSR count). The second-order valence-corrected chi connectivity index (χ2v) is 5.87. The Morgan fingerprint density at radius 2 is 1.83 bits per heavy atom. The molecule has 2 aromatic carbocycles. The molecule has 2 amide bonds. The molecule has 6 heteroatoms. The van der Waals surface area contributed by atoms with Crippen LogP contribution in [-0.4, -0.2) is 35.2 Å². The van der Waals surface area contributed by atoms with Gasteiger partial charge in [-0.15, -0.1) is 0 Å². The lowest BCUT2D eigenvalue weighted by molar-refractivity contribution is 0.0883. The summed E-state index contributed by atoms with van der Waals surface area (Å²) < 4.78 is 26.7. The van der Waals surface area contributed by atoms with Gasteiger partial charge in [-0.3, -0.25) is 0 Å². The molecule has 2 aromatic rings. The maximum Gasteiger partial charge on any atom is 0.321 e. The van der Waals surface area contributed by atoms with Crippen LogP contribution >= 0.6 is 0 Å². The van der Waals surface area contributed by atoms with Crippen LogP contribution in [0.3, 0.4) is 0 Å². The molecule has 1 saturated heterocycles. The lowest BCUT2D eigenvalue weighted by atomic mass is 10.0. The van der Waals surface area contributed by atoms with Gasteiger partial charge >= 0.3 is 6.03 Å². The summed E-state index contributed by atoms with van der Waals surface area (Å²) in [5, 5.41) is 12.4. The molecular weight excluding hydrogens is 314 g/mol. The lowest BCUT2D eigenvalue weighted by Crippen LogP contribution is -2.44. The molecule has 126 valence electrons. The van der Waals surface area contributed by atoms with E-state index in [4.69, 9.17) is 0 Å². The summed E-state index contributed by atoms with van der Waals surface area (Å²) in [6.45, 7) is 0.842. The van der Waals surface area contributed by atoms with Crippen LogP contribution in [0.4, 0.5) is 19.3 Å². The van der Waals surface area contributed by atoms with Crippen molar-refractivity contribution < 1.29 is 18.7 Å². The molecule has 0 aliphatic carbocycles. The number of piperidine rings is 1. The highest BCUT2D eigenvalue weighted by Gasteiger charge is 2.22. The number of carbonyl (C=O) groups is 1. The van der Waals surface area contributed by atoms with Gasteiger partial charge < -0.3 is 15.3 Å². The van der Waals surface area contributed by atoms with Crippen molar-refractivity contribution in [2.24, 2.45) is 0 Å². The monoisotopic (exact) mass is 332 g/mol. The van der Waals surface area contributed by atoms with Gasteiger partial charge in [0.2, 0.25) is 0 Å². The van der Waals surface area contributed by atoms with Gasteiger partial charge in [0.1, 0.15) is 11.6 Å². The number of halogens is 2. The number of benzene rings is 2. The van der Waals surface area contributed by atoms with Crippen LogP contribution in [-0.2, 0) is 0 Å². The summed E-state index contributed by atoms with van der Waals surface area (Å²) in [6, 6.07) is 9.33. The Morgan fingerprint density at radius 3 is 2.54 bits per heavy atom. The number of nitrogens with one attached hydrogen (secondary N) is 1. The van der Waals surface area contributed by atoms with E-state index in [0.717, 1.165) is 6.42 Å². The van der Waals surface area contributed by atoms with Crippen molar-refractivity contribution in [3.05, 3.63) is 54.1 Å². The van der Waals surface area contributed by atoms with Crippen molar-refractivity contribution in [3.63, 3.8) is 0 Å². The van der Waals surface area contributed by atoms with Crippen molar-refractivity contribution >= 4 is 11.7 Å². The number of β-amino-alcohol motifs (C(OH)–C–C–N with tert-alkyl or cyclic N) is 1. The number of likely N-dealkylation sites (tertiary alicyclic amines) is 1. The Hall–Kier alpha value is -2.47. The number of nitrogens with zero attached hydrogens (tertiary/aromatic N) is 1. The maximum absolute atomic E-state index is 13.6. The number of carbonyl (C=O) groups excluding carboxylic acids is 1. The molecule has 1 atom stereocenters. The number of rotatable bonds is 2. The Bertz CT molecular complexity index is 734. The molecule has 4 nitrogen and oxygen atoms in total. The highest BCUT2D eigenvalue weighted by atomic mass is 19.1. The highest BCUT2D eigenvalue weighted by Crippen LogP contribution is 2.29. The SMILES string of the molecule is O=C(Nc1ccc(F)cc1-c1ccc(F)cc1)N1CCCC(O)C1. The molecule has 0 bridgehead atoms. The van der Waals surface area contributed by atoms with Crippen LogP contribution in [0.2, 0.25) is 0 Å². The van der Waals surface area contributed by atoms with Gasteiger partial charge in [-0.25, -0.2) is 13.6 Å². The largest absolute Gasteiger partial charge is 0.391 e. The number of anilines is 1. The molecule has 1 aliphatic heterocycles. The Labute approximate surface area is 138 Å². The first-order valence-corrected chi connectivity index (χ1v) is 7.82. The fraction of sp³-hybridized carbons (Fsp3) is 0.278. The third-order valence-electron chi connectivity index (χ3n) is 4.06. The van der Waals surface area contributed by atoms with Crippen LogP contribution < -0.4 is 5.32 Å². The minimum atomic E-state index is -0.519.